The topological polar surface area (TPSA) is 59.4 Å². The van der Waals surface area contributed by atoms with Crippen molar-refractivity contribution >= 4 is 22.6 Å². The van der Waals surface area contributed by atoms with Crippen LogP contribution >= 0.6 is 0 Å². The maximum atomic E-state index is 12.3. The number of aryl methyl sites for hydroxylation is 2. The Bertz CT molecular complexity index is 988. The standard InChI is InChI=1S/C23H28N4O2/c1-17-6-9-19(10-7-17)29-16-23(28)24-18-8-11-21-20(14-18)25-22(26(21)2)15-27-12-4-3-5-13-27/h6-11,14H,3-5,12-13,15-16H2,1-2H3,(H,24,28). The Morgan fingerprint density at radius 3 is 2.62 bits per heavy atom. The molecule has 0 bridgehead atoms. The molecule has 1 amide bonds. The molecule has 1 aromatic heterocycles. The lowest BCUT2D eigenvalue weighted by Gasteiger charge is -2.25. The molecule has 1 saturated heterocycles. The average Bonchev–Trinajstić information content (AvgIpc) is 3.03. The van der Waals surface area contributed by atoms with Crippen molar-refractivity contribution in [3.63, 3.8) is 0 Å². The van der Waals surface area contributed by atoms with E-state index in [0.717, 1.165) is 47.7 Å². The first-order valence-corrected chi connectivity index (χ1v) is 10.3. The number of anilines is 1. The number of imidazole rings is 1. The van der Waals surface area contributed by atoms with Gasteiger partial charge in [0.15, 0.2) is 6.61 Å². The number of carbonyl (C=O) groups excluding carboxylic acids is 1. The summed E-state index contributed by atoms with van der Waals surface area (Å²) in [4.78, 5) is 19.5. The summed E-state index contributed by atoms with van der Waals surface area (Å²) in [5, 5.41) is 2.90. The number of hydrogen-bond donors (Lipinski definition) is 1. The number of hydrogen-bond acceptors (Lipinski definition) is 4. The highest BCUT2D eigenvalue weighted by molar-refractivity contribution is 5.94. The second-order valence-corrected chi connectivity index (χ2v) is 7.78. The monoisotopic (exact) mass is 392 g/mol. The number of ether oxygens (including phenoxy) is 1. The Balaban J connectivity index is 1.40. The summed E-state index contributed by atoms with van der Waals surface area (Å²) in [5.74, 6) is 1.57. The van der Waals surface area contributed by atoms with Crippen molar-refractivity contribution in [2.45, 2.75) is 32.7 Å². The molecule has 6 heteroatoms. The molecular weight excluding hydrogens is 364 g/mol. The van der Waals surface area contributed by atoms with Crippen molar-refractivity contribution in [1.82, 2.24) is 14.5 Å². The summed E-state index contributed by atoms with van der Waals surface area (Å²) in [5.41, 5.74) is 3.87. The number of benzene rings is 2. The Morgan fingerprint density at radius 2 is 1.86 bits per heavy atom. The molecule has 1 aliphatic rings. The van der Waals surface area contributed by atoms with E-state index in [0.29, 0.717) is 5.75 Å². The summed E-state index contributed by atoms with van der Waals surface area (Å²) >= 11 is 0. The van der Waals surface area contributed by atoms with Gasteiger partial charge in [-0.25, -0.2) is 4.98 Å². The zero-order chi connectivity index (χ0) is 20.2. The van der Waals surface area contributed by atoms with E-state index < -0.39 is 0 Å². The second-order valence-electron chi connectivity index (χ2n) is 7.78. The normalized spacial score (nSPS) is 14.8. The summed E-state index contributed by atoms with van der Waals surface area (Å²) in [6.07, 6.45) is 3.87. The van der Waals surface area contributed by atoms with Gasteiger partial charge in [-0.2, -0.15) is 0 Å². The van der Waals surface area contributed by atoms with Crippen LogP contribution in [0.25, 0.3) is 11.0 Å². The average molecular weight is 393 g/mol. The highest BCUT2D eigenvalue weighted by Gasteiger charge is 2.15. The molecule has 152 valence electrons. The fourth-order valence-corrected chi connectivity index (χ4v) is 3.77. The molecule has 0 unspecified atom stereocenters. The highest BCUT2D eigenvalue weighted by atomic mass is 16.5. The summed E-state index contributed by atoms with van der Waals surface area (Å²) in [6.45, 7) is 5.15. The molecule has 29 heavy (non-hydrogen) atoms. The molecule has 4 rings (SSSR count). The molecule has 6 nitrogen and oxygen atoms in total. The van der Waals surface area contributed by atoms with E-state index in [2.05, 4.69) is 21.8 Å². The number of aromatic nitrogens is 2. The first-order chi connectivity index (χ1) is 14.1. The number of carbonyl (C=O) groups is 1. The van der Waals surface area contributed by atoms with Crippen LogP contribution in [0.4, 0.5) is 5.69 Å². The predicted octanol–water partition coefficient (Wildman–Crippen LogP) is 3.89. The van der Waals surface area contributed by atoms with Crippen LogP contribution in [-0.4, -0.2) is 40.1 Å². The molecule has 1 aliphatic heterocycles. The van der Waals surface area contributed by atoms with Gasteiger partial charge in [0.25, 0.3) is 5.91 Å². The zero-order valence-corrected chi connectivity index (χ0v) is 17.1. The largest absolute Gasteiger partial charge is 0.484 e. The van der Waals surface area contributed by atoms with Crippen LogP contribution in [-0.2, 0) is 18.4 Å². The van der Waals surface area contributed by atoms with Crippen LogP contribution < -0.4 is 10.1 Å². The number of rotatable bonds is 6. The van der Waals surface area contributed by atoms with E-state index in [1.807, 2.05) is 49.4 Å². The molecule has 1 N–H and O–H groups in total. The maximum Gasteiger partial charge on any atom is 0.262 e. The highest BCUT2D eigenvalue weighted by Crippen LogP contribution is 2.21. The summed E-state index contributed by atoms with van der Waals surface area (Å²) in [7, 11) is 2.06. The van der Waals surface area contributed by atoms with Gasteiger partial charge >= 0.3 is 0 Å². The number of nitrogens with one attached hydrogen (secondary N) is 1. The quantitative estimate of drug-likeness (QED) is 0.692. The van der Waals surface area contributed by atoms with Crippen LogP contribution in [0.2, 0.25) is 0 Å². The minimum Gasteiger partial charge on any atom is -0.484 e. The lowest BCUT2D eigenvalue weighted by atomic mass is 10.1. The Labute approximate surface area is 171 Å². The van der Waals surface area contributed by atoms with Crippen LogP contribution in [0.15, 0.2) is 42.5 Å². The molecule has 0 radical (unpaired) electrons. The van der Waals surface area contributed by atoms with E-state index in [-0.39, 0.29) is 12.5 Å². The lowest BCUT2D eigenvalue weighted by Crippen LogP contribution is -2.30. The van der Waals surface area contributed by atoms with Gasteiger partial charge in [-0.3, -0.25) is 9.69 Å². The summed E-state index contributed by atoms with van der Waals surface area (Å²) < 4.78 is 7.70. The fraction of sp³-hybridized carbons (Fsp3) is 0.391. The van der Waals surface area contributed by atoms with Gasteiger partial charge in [0.2, 0.25) is 0 Å². The van der Waals surface area contributed by atoms with Crippen LogP contribution in [0, 0.1) is 6.92 Å². The lowest BCUT2D eigenvalue weighted by molar-refractivity contribution is -0.118. The number of likely N-dealkylation sites (tertiary alicyclic amines) is 1. The second kappa shape index (κ2) is 8.66. The molecule has 3 aromatic rings. The van der Waals surface area contributed by atoms with Gasteiger partial charge in [-0.15, -0.1) is 0 Å². The van der Waals surface area contributed by atoms with Crippen molar-refractivity contribution in [3.8, 4) is 5.75 Å². The molecule has 0 atom stereocenters. The van der Waals surface area contributed by atoms with Gasteiger partial charge in [0.05, 0.1) is 17.6 Å². The maximum absolute atomic E-state index is 12.3. The molecule has 2 heterocycles. The van der Waals surface area contributed by atoms with Crippen molar-refractivity contribution in [1.29, 1.82) is 0 Å². The van der Waals surface area contributed by atoms with Crippen LogP contribution in [0.3, 0.4) is 0 Å². The number of fused-ring (bicyclic) bond motifs is 1. The van der Waals surface area contributed by atoms with Gasteiger partial charge < -0.3 is 14.6 Å². The van der Waals surface area contributed by atoms with Crippen molar-refractivity contribution < 1.29 is 9.53 Å². The molecule has 0 saturated carbocycles. The Morgan fingerprint density at radius 1 is 1.10 bits per heavy atom. The van der Waals surface area contributed by atoms with Gasteiger partial charge in [0.1, 0.15) is 11.6 Å². The Kier molecular flexibility index (Phi) is 5.81. The first kappa shape index (κ1) is 19.5. The van der Waals surface area contributed by atoms with Crippen LogP contribution in [0.1, 0.15) is 30.7 Å². The molecule has 0 spiro atoms. The fourth-order valence-electron chi connectivity index (χ4n) is 3.77. The van der Waals surface area contributed by atoms with E-state index in [4.69, 9.17) is 9.72 Å². The number of piperidine rings is 1. The third-order valence-electron chi connectivity index (χ3n) is 5.46. The summed E-state index contributed by atoms with van der Waals surface area (Å²) in [6, 6.07) is 13.5. The van der Waals surface area contributed by atoms with E-state index in [1.54, 1.807) is 0 Å². The van der Waals surface area contributed by atoms with Gasteiger partial charge in [-0.1, -0.05) is 24.1 Å². The van der Waals surface area contributed by atoms with Gasteiger partial charge in [-0.05, 0) is 63.2 Å². The third-order valence-corrected chi connectivity index (χ3v) is 5.46. The minimum absolute atomic E-state index is 0.0243. The van der Waals surface area contributed by atoms with E-state index >= 15 is 0 Å². The van der Waals surface area contributed by atoms with Crippen LogP contribution in [0.5, 0.6) is 5.75 Å². The smallest absolute Gasteiger partial charge is 0.262 e. The SMILES string of the molecule is Cc1ccc(OCC(=O)Nc2ccc3c(c2)nc(CN2CCCCC2)n3C)cc1. The molecule has 2 aromatic carbocycles. The first-order valence-electron chi connectivity index (χ1n) is 10.3. The zero-order valence-electron chi connectivity index (χ0n) is 17.1. The third kappa shape index (κ3) is 4.77. The number of amides is 1. The molecular formula is C23H28N4O2. The molecule has 1 fully saturated rings. The van der Waals surface area contributed by atoms with Crippen molar-refractivity contribution in [3.05, 3.63) is 53.9 Å². The Hall–Kier alpha value is -2.86. The minimum atomic E-state index is -0.186. The van der Waals surface area contributed by atoms with E-state index in [1.165, 1.54) is 19.3 Å². The van der Waals surface area contributed by atoms with Crippen molar-refractivity contribution in [2.75, 3.05) is 25.0 Å². The predicted molar refractivity (Wildman–Crippen MR) is 115 cm³/mol. The van der Waals surface area contributed by atoms with Gasteiger partial charge in [0, 0.05) is 12.7 Å². The van der Waals surface area contributed by atoms with Crippen molar-refractivity contribution in [2.24, 2.45) is 7.05 Å². The van der Waals surface area contributed by atoms with E-state index in [9.17, 15) is 4.79 Å². The molecule has 0 aliphatic carbocycles. The number of nitrogens with zero attached hydrogens (tertiary/aromatic N) is 3.